The van der Waals surface area contributed by atoms with Crippen molar-refractivity contribution in [1.82, 2.24) is 0 Å². The van der Waals surface area contributed by atoms with E-state index in [4.69, 9.17) is 9.68 Å². The number of hydrogen-bond acceptors (Lipinski definition) is 2. The monoisotopic (exact) mass is 1290 g/mol. The summed E-state index contributed by atoms with van der Waals surface area (Å²) in [4.78, 5) is 0. The first kappa shape index (κ1) is 59.4. The number of benzene rings is 18. The molecule has 1 radical (unpaired) electrons. The molecule has 4 heteroatoms. The molecule has 0 amide bonds. The van der Waals surface area contributed by atoms with E-state index in [0.717, 1.165) is 15.6 Å². The topological polar surface area (TPSA) is 29.5 Å². The van der Waals surface area contributed by atoms with Gasteiger partial charge in [-0.2, -0.15) is 0 Å². The summed E-state index contributed by atoms with van der Waals surface area (Å²) >= 11 is 3.88. The fraction of sp³-hybridized carbons (Fsp3) is 0. The molecule has 18 rings (SSSR count). The van der Waals surface area contributed by atoms with Crippen LogP contribution < -0.4 is 4.65 Å². The lowest BCUT2D eigenvalue weighted by Gasteiger charge is -2.19. The minimum Gasteiger partial charge on any atom is -0.537 e. The summed E-state index contributed by atoms with van der Waals surface area (Å²) in [5.41, 5.74) is 17.2. The molecule has 0 unspecified atom stereocenters. The Morgan fingerprint density at radius 3 is 0.979 bits per heavy atom. The van der Waals surface area contributed by atoms with Crippen LogP contribution in [0.1, 0.15) is 0 Å². The largest absolute Gasteiger partial charge is 0.569 e. The molecule has 0 saturated carbocycles. The summed E-state index contributed by atoms with van der Waals surface area (Å²) < 4.78 is 6.15. The van der Waals surface area contributed by atoms with Crippen molar-refractivity contribution in [3.05, 3.63) is 368 Å². The molecule has 0 atom stereocenters. The molecule has 96 heavy (non-hydrogen) atoms. The Labute approximate surface area is 567 Å². The van der Waals surface area contributed by atoms with Crippen LogP contribution in [0.25, 0.3) is 164 Å². The maximum atomic E-state index is 8.68. The second-order valence-corrected chi connectivity index (χ2v) is 25.1. The maximum absolute atomic E-state index is 8.68. The van der Waals surface area contributed by atoms with E-state index in [1.54, 1.807) is 6.07 Å². The summed E-state index contributed by atoms with van der Waals surface area (Å²) in [6.45, 7) is 0. The van der Waals surface area contributed by atoms with Crippen molar-refractivity contribution in [2.75, 3.05) is 0 Å². The molecule has 2 nitrogen and oxygen atoms in total. The highest BCUT2D eigenvalue weighted by Crippen LogP contribution is 2.48. The molecule has 18 aromatic carbocycles. The fourth-order valence-corrected chi connectivity index (χ4v) is 14.8. The second kappa shape index (κ2) is 26.4. The average molecular weight is 1290 g/mol. The van der Waals surface area contributed by atoms with Crippen LogP contribution in [-0.2, 0) is 0 Å². The molecule has 0 aromatic heterocycles. The van der Waals surface area contributed by atoms with Crippen molar-refractivity contribution in [2.24, 2.45) is 0 Å². The highest BCUT2D eigenvalue weighted by atomic mass is 79.9. The minimum atomic E-state index is 0.619. The van der Waals surface area contributed by atoms with Gasteiger partial charge in [-0.3, -0.25) is 0 Å². The van der Waals surface area contributed by atoms with Crippen molar-refractivity contribution in [3.63, 3.8) is 0 Å². The van der Waals surface area contributed by atoms with E-state index in [1.807, 2.05) is 30.3 Å². The van der Waals surface area contributed by atoms with Gasteiger partial charge in [0.05, 0.1) is 0 Å². The Morgan fingerprint density at radius 1 is 0.208 bits per heavy atom. The molecule has 0 bridgehead atoms. The molecule has 0 aliphatic heterocycles. The van der Waals surface area contributed by atoms with Gasteiger partial charge >= 0.3 is 7.69 Å². The van der Waals surface area contributed by atoms with Crippen molar-refractivity contribution in [2.45, 2.75) is 0 Å². The zero-order chi connectivity index (χ0) is 64.3. The number of halogens is 1. The number of rotatable bonds is 9. The smallest absolute Gasteiger partial charge is 0.537 e. The van der Waals surface area contributed by atoms with E-state index in [0.29, 0.717) is 13.4 Å². The van der Waals surface area contributed by atoms with Gasteiger partial charge in [0.2, 0.25) is 0 Å². The summed E-state index contributed by atoms with van der Waals surface area (Å²) in [6.07, 6.45) is 0. The highest BCUT2D eigenvalue weighted by Gasteiger charge is 2.20. The SMILES string of the molecule is Brc1c2ccccc2c(-c2cccc3ccc(-c4ccccc4)cc23)c2ccccc12.O[B]Oc1cccc(-c2ccc3ccccc3c2)c1.c1ccc(-c2ccc3cccc(-c4c5ccccc5c(-c5cccc(-c6ccc7ccccc7c6)c5)c5ccccc45)c3c2)cc1. The van der Waals surface area contributed by atoms with Crippen LogP contribution in [0, 0.1) is 0 Å². The first-order valence-electron chi connectivity index (χ1n) is 32.5. The second-order valence-electron chi connectivity index (χ2n) is 24.3. The molecule has 1 N–H and O–H groups in total. The van der Waals surface area contributed by atoms with Crippen LogP contribution in [0.3, 0.4) is 0 Å². The third-order valence-corrected chi connectivity index (χ3v) is 19.5. The van der Waals surface area contributed by atoms with E-state index < -0.39 is 0 Å². The lowest BCUT2D eigenvalue weighted by atomic mass is 9.84. The van der Waals surface area contributed by atoms with Gasteiger partial charge in [0.25, 0.3) is 0 Å². The normalized spacial score (nSPS) is 11.2. The molecule has 0 saturated heterocycles. The van der Waals surface area contributed by atoms with Gasteiger partial charge in [-0.15, -0.1) is 0 Å². The Kier molecular flexibility index (Phi) is 16.3. The first-order valence-corrected chi connectivity index (χ1v) is 33.3. The quantitative estimate of drug-likeness (QED) is 0.115. The molecule has 18 aromatic rings. The van der Waals surface area contributed by atoms with E-state index in [2.05, 4.69) is 344 Å². The van der Waals surface area contributed by atoms with E-state index in [-0.39, 0.29) is 0 Å². The fourth-order valence-electron chi connectivity index (χ4n) is 14.1. The maximum Gasteiger partial charge on any atom is 0.569 e. The van der Waals surface area contributed by atoms with Crippen molar-refractivity contribution < 1.29 is 9.68 Å². The van der Waals surface area contributed by atoms with Gasteiger partial charge in [0.1, 0.15) is 5.75 Å². The predicted octanol–water partition coefficient (Wildman–Crippen LogP) is 25.6. The van der Waals surface area contributed by atoms with Gasteiger partial charge < -0.3 is 9.68 Å². The third kappa shape index (κ3) is 11.5. The summed E-state index contributed by atoms with van der Waals surface area (Å²) in [7, 11) is 0.694. The number of fused-ring (bicyclic) bond motifs is 8. The lowest BCUT2D eigenvalue weighted by Crippen LogP contribution is -1.99. The first-order chi connectivity index (χ1) is 47.5. The zero-order valence-corrected chi connectivity index (χ0v) is 54.0. The van der Waals surface area contributed by atoms with E-state index >= 15 is 0 Å². The summed E-state index contributed by atoms with van der Waals surface area (Å²) in [6, 6.07) is 130. The van der Waals surface area contributed by atoms with Crippen LogP contribution >= 0.6 is 15.9 Å². The zero-order valence-electron chi connectivity index (χ0n) is 52.5. The van der Waals surface area contributed by atoms with Crippen molar-refractivity contribution in [1.29, 1.82) is 0 Å². The van der Waals surface area contributed by atoms with Gasteiger partial charge in [-0.25, -0.2) is 0 Å². The van der Waals surface area contributed by atoms with Crippen LogP contribution in [-0.4, -0.2) is 12.7 Å². The van der Waals surface area contributed by atoms with Gasteiger partial charge in [0.15, 0.2) is 0 Å². The highest BCUT2D eigenvalue weighted by molar-refractivity contribution is 9.10. The van der Waals surface area contributed by atoms with Crippen LogP contribution in [0.5, 0.6) is 5.75 Å². The molecule has 0 fully saturated rings. The summed E-state index contributed by atoms with van der Waals surface area (Å²) in [5, 5.41) is 28.8. The lowest BCUT2D eigenvalue weighted by molar-refractivity contribution is 0.454. The molecular weight excluding hydrogens is 1230 g/mol. The van der Waals surface area contributed by atoms with Crippen LogP contribution in [0.15, 0.2) is 368 Å². The minimum absolute atomic E-state index is 0.619. The number of hydrogen-bond donors (Lipinski definition) is 1. The Bertz CT molecular complexity index is 5830. The van der Waals surface area contributed by atoms with Crippen LogP contribution in [0.4, 0.5) is 0 Å². The molecule has 0 aliphatic rings. The van der Waals surface area contributed by atoms with Gasteiger partial charge in [0, 0.05) is 4.47 Å². The standard InChI is InChI=1S/C46H30.C30H19Br.C16H12BO2/c1-2-12-31(13-3-1)37-27-25-33-16-11-23-43(44(33)30-37)46-41-21-8-6-19-39(41)45(40-20-7-9-22-42(40)46)38-18-10-17-35(29-38)36-26-24-32-14-4-5-15-34(32)28-36;31-30-26-14-6-4-12-23(26)29(24-13-5-7-15-27(24)30)25-16-8-11-21-17-18-22(19-28(21)25)20-9-2-1-3-10-20;18-17-19-16-7-3-6-14(11-16)15-9-8-12-4-1-2-5-13(12)10-15/h1-30H;1-19H;1-11,18H. The van der Waals surface area contributed by atoms with E-state index in [1.165, 1.54) is 153 Å². The molecule has 0 heterocycles. The van der Waals surface area contributed by atoms with Gasteiger partial charge in [-0.05, 0) is 222 Å². The average Bonchev–Trinajstić information content (AvgIpc) is 0.738. The predicted molar refractivity (Wildman–Crippen MR) is 414 cm³/mol. The molecular formula is C92H61BBrO2. The van der Waals surface area contributed by atoms with Gasteiger partial charge in [-0.1, -0.05) is 322 Å². The van der Waals surface area contributed by atoms with Crippen LogP contribution in [0.2, 0.25) is 0 Å². The Balaban J connectivity index is 0.000000124. The van der Waals surface area contributed by atoms with Crippen molar-refractivity contribution >= 4 is 110 Å². The molecule has 0 aliphatic carbocycles. The Hall–Kier alpha value is -11.7. The third-order valence-electron chi connectivity index (χ3n) is 18.7. The summed E-state index contributed by atoms with van der Waals surface area (Å²) in [5.74, 6) is 0.619. The van der Waals surface area contributed by atoms with Crippen molar-refractivity contribution in [3.8, 4) is 83.6 Å². The van der Waals surface area contributed by atoms with E-state index in [9.17, 15) is 0 Å². The molecule has 451 valence electrons. The Morgan fingerprint density at radius 2 is 0.521 bits per heavy atom. The molecule has 0 spiro atoms.